The van der Waals surface area contributed by atoms with Crippen molar-refractivity contribution in [3.05, 3.63) is 75.7 Å². The smallest absolute Gasteiger partial charge is 0.397 e. The largest absolute Gasteiger partial charge is 0.492 e. The van der Waals surface area contributed by atoms with Gasteiger partial charge in [-0.2, -0.15) is 8.42 Å². The fourth-order valence-electron chi connectivity index (χ4n) is 2.52. The fourth-order valence-corrected chi connectivity index (χ4v) is 2.80. The van der Waals surface area contributed by atoms with Crippen molar-refractivity contribution in [2.24, 2.45) is 0 Å². The van der Waals surface area contributed by atoms with Crippen LogP contribution in [0.1, 0.15) is 0 Å². The number of hydrogen-bond acceptors (Lipinski definition) is 6. The summed E-state index contributed by atoms with van der Waals surface area (Å²) in [4.78, 5) is 6.41. The predicted octanol–water partition coefficient (Wildman–Crippen LogP) is 1.65. The minimum absolute atomic E-state index is 0.0208. The van der Waals surface area contributed by atoms with Crippen LogP contribution in [-0.4, -0.2) is 26.2 Å². The minimum atomic E-state index is -4.66. The highest BCUT2D eigenvalue weighted by Crippen LogP contribution is 2.18. The van der Waals surface area contributed by atoms with Crippen molar-refractivity contribution in [2.75, 3.05) is 13.2 Å². The number of nitriles is 2. The number of rotatable bonds is 6. The monoisotopic (exact) mass is 420 g/mol. The molecule has 30 heavy (non-hydrogen) atoms. The Morgan fingerprint density at radius 3 is 2.13 bits per heavy atom. The highest BCUT2D eigenvalue weighted by molar-refractivity contribution is 7.80. The predicted molar refractivity (Wildman–Crippen MR) is 105 cm³/mol. The molecule has 0 bridgehead atoms. The standard InChI is InChI=1S/C20H12N4O5S/c1-23-18(12-21)16-11-20(28-8-9-29-30(25,26)27)17(19(13-22)24-2)10-15(16)14-6-4-3-5-7-14/h3-7,10-11H,8-9H2,(H,25,26,27). The molecule has 9 nitrogen and oxygen atoms in total. The highest BCUT2D eigenvalue weighted by Gasteiger charge is 2.12. The molecule has 0 fully saturated rings. The van der Waals surface area contributed by atoms with Crippen LogP contribution in [0.3, 0.4) is 0 Å². The molecule has 0 aromatic heterocycles. The van der Waals surface area contributed by atoms with Gasteiger partial charge in [0.2, 0.25) is 0 Å². The molecule has 2 rings (SSSR count). The molecule has 0 unspecified atom stereocenters. The molecule has 2 aromatic rings. The van der Waals surface area contributed by atoms with Crippen LogP contribution in [0.4, 0.5) is 0 Å². The summed E-state index contributed by atoms with van der Waals surface area (Å²) >= 11 is 0. The molecule has 0 aliphatic rings. The van der Waals surface area contributed by atoms with Gasteiger partial charge in [-0.3, -0.25) is 4.55 Å². The minimum Gasteiger partial charge on any atom is -0.492 e. The van der Waals surface area contributed by atoms with Gasteiger partial charge in [0.1, 0.15) is 19.0 Å². The van der Waals surface area contributed by atoms with Crippen molar-refractivity contribution in [3.8, 4) is 29.0 Å². The van der Waals surface area contributed by atoms with Crippen LogP contribution in [0.2, 0.25) is 0 Å². The first kappa shape index (κ1) is 22.1. The summed E-state index contributed by atoms with van der Waals surface area (Å²) < 4.78 is 39.5. The van der Waals surface area contributed by atoms with Crippen LogP contribution in [-0.2, 0) is 14.6 Å². The average Bonchev–Trinajstić information content (AvgIpc) is 2.73. The third-order valence-corrected chi connectivity index (χ3v) is 4.19. The van der Waals surface area contributed by atoms with Crippen molar-refractivity contribution in [1.82, 2.24) is 0 Å². The van der Waals surface area contributed by atoms with E-state index in [0.29, 0.717) is 11.1 Å². The molecule has 10 heteroatoms. The van der Waals surface area contributed by atoms with Gasteiger partial charge in [0.15, 0.2) is 0 Å². The van der Waals surface area contributed by atoms with E-state index in [1.165, 1.54) is 12.1 Å². The van der Waals surface area contributed by atoms with Crippen LogP contribution in [0.25, 0.3) is 32.2 Å². The molecule has 0 aliphatic heterocycles. The van der Waals surface area contributed by atoms with Gasteiger partial charge in [0.05, 0.1) is 25.3 Å². The fraction of sp³-hybridized carbons (Fsp3) is 0.100. The summed E-state index contributed by atoms with van der Waals surface area (Å²) in [6.45, 7) is 13.6. The van der Waals surface area contributed by atoms with E-state index in [4.69, 9.17) is 22.4 Å². The molecule has 0 saturated heterocycles. The third-order valence-electron chi connectivity index (χ3n) is 3.72. The van der Waals surface area contributed by atoms with Crippen LogP contribution < -0.4 is 15.2 Å². The van der Waals surface area contributed by atoms with Crippen molar-refractivity contribution >= 4 is 21.8 Å². The summed E-state index contributed by atoms with van der Waals surface area (Å²) in [6, 6.07) is 15.1. The third kappa shape index (κ3) is 5.42. The summed E-state index contributed by atoms with van der Waals surface area (Å²) in [5, 5.41) is 19.0. The molecule has 2 aromatic carbocycles. The van der Waals surface area contributed by atoms with E-state index in [1.807, 2.05) is 0 Å². The van der Waals surface area contributed by atoms with E-state index in [-0.39, 0.29) is 34.2 Å². The van der Waals surface area contributed by atoms with Gasteiger partial charge in [-0.05, 0) is 17.2 Å². The second kappa shape index (κ2) is 9.84. The summed E-state index contributed by atoms with van der Waals surface area (Å²) in [5.74, 6) is -0.0208. The maximum atomic E-state index is 10.7. The topological polar surface area (TPSA) is 129 Å². The zero-order chi connectivity index (χ0) is 22.1. The summed E-state index contributed by atoms with van der Waals surface area (Å²) in [6.07, 6.45) is 0. The van der Waals surface area contributed by atoms with Crippen LogP contribution in [0, 0.1) is 35.8 Å². The molecule has 0 spiro atoms. The van der Waals surface area contributed by atoms with Crippen molar-refractivity contribution in [2.45, 2.75) is 0 Å². The lowest BCUT2D eigenvalue weighted by molar-refractivity contribution is 0.201. The lowest BCUT2D eigenvalue weighted by Gasteiger charge is -2.11. The first-order valence-corrected chi connectivity index (χ1v) is 9.49. The van der Waals surface area contributed by atoms with Gasteiger partial charge < -0.3 is 4.74 Å². The maximum absolute atomic E-state index is 10.7. The van der Waals surface area contributed by atoms with Gasteiger partial charge >= 0.3 is 10.4 Å². The van der Waals surface area contributed by atoms with Crippen molar-refractivity contribution in [3.63, 3.8) is 0 Å². The first-order valence-electron chi connectivity index (χ1n) is 8.12. The van der Waals surface area contributed by atoms with Gasteiger partial charge in [0, 0.05) is 10.4 Å². The molecule has 0 atom stereocenters. The molecular weight excluding hydrogens is 408 g/mol. The Balaban J connectivity index is 2.79. The van der Waals surface area contributed by atoms with Crippen molar-refractivity contribution < 1.29 is 21.9 Å². The zero-order valence-electron chi connectivity index (χ0n) is 15.2. The SMILES string of the molecule is [C-]#[N+]C(C#N)=c1cc(-c2ccccc2)c(=C(C#N)[N+]#[C-])cc1OCCOS(=O)(=O)O. The average molecular weight is 420 g/mol. The number of benzene rings is 2. The van der Waals surface area contributed by atoms with Gasteiger partial charge in [-0.1, -0.05) is 36.4 Å². The molecule has 0 heterocycles. The summed E-state index contributed by atoms with van der Waals surface area (Å²) in [7, 11) is -4.66. The molecule has 0 radical (unpaired) electrons. The number of ether oxygens (including phenoxy) is 1. The Bertz CT molecular complexity index is 1320. The second-order valence-corrected chi connectivity index (χ2v) is 6.59. The van der Waals surface area contributed by atoms with Crippen molar-refractivity contribution in [1.29, 1.82) is 10.5 Å². The van der Waals surface area contributed by atoms with Crippen LogP contribution >= 0.6 is 0 Å². The normalized spacial score (nSPS) is 12.4. The molecule has 148 valence electrons. The van der Waals surface area contributed by atoms with Gasteiger partial charge in [-0.15, -0.1) is 0 Å². The first-order chi connectivity index (χ1) is 14.3. The maximum Gasteiger partial charge on any atom is 0.397 e. The number of hydrogen-bond donors (Lipinski definition) is 1. The van der Waals surface area contributed by atoms with E-state index in [1.54, 1.807) is 42.5 Å². The highest BCUT2D eigenvalue weighted by atomic mass is 32.3. The molecule has 0 amide bonds. The Labute approximate surface area is 172 Å². The quantitative estimate of drug-likeness (QED) is 0.427. The molecular formula is C20H12N4O5S. The van der Waals surface area contributed by atoms with Gasteiger partial charge in [-0.25, -0.2) is 24.4 Å². The Hall–Kier alpha value is -4.19. The molecule has 0 saturated carbocycles. The van der Waals surface area contributed by atoms with E-state index in [0.717, 1.165) is 0 Å². The second-order valence-electron chi connectivity index (χ2n) is 5.50. The Morgan fingerprint density at radius 1 is 1.00 bits per heavy atom. The summed E-state index contributed by atoms with van der Waals surface area (Å²) in [5.41, 5.74) is 0.552. The zero-order valence-corrected chi connectivity index (χ0v) is 16.0. The number of nitrogens with zero attached hydrogens (tertiary/aromatic N) is 4. The molecule has 0 aliphatic carbocycles. The van der Waals surface area contributed by atoms with E-state index < -0.39 is 17.0 Å². The Morgan fingerprint density at radius 2 is 1.60 bits per heavy atom. The Kier molecular flexibility index (Phi) is 7.25. The molecule has 1 N–H and O–H groups in total. The van der Waals surface area contributed by atoms with E-state index >= 15 is 0 Å². The van der Waals surface area contributed by atoms with Crippen LogP contribution in [0.5, 0.6) is 5.75 Å². The van der Waals surface area contributed by atoms with E-state index in [2.05, 4.69) is 13.9 Å². The lowest BCUT2D eigenvalue weighted by Crippen LogP contribution is -2.21. The van der Waals surface area contributed by atoms with E-state index in [9.17, 15) is 18.9 Å². The lowest BCUT2D eigenvalue weighted by atomic mass is 10.00. The van der Waals surface area contributed by atoms with Crippen LogP contribution in [0.15, 0.2) is 42.5 Å². The van der Waals surface area contributed by atoms with Gasteiger partial charge in [0.25, 0.3) is 11.4 Å².